The molecule has 3 aromatic rings. The quantitative estimate of drug-likeness (QED) is 0.625. The predicted molar refractivity (Wildman–Crippen MR) is 105 cm³/mol. The van der Waals surface area contributed by atoms with Gasteiger partial charge in [0.2, 0.25) is 11.0 Å². The van der Waals surface area contributed by atoms with Crippen LogP contribution in [0.15, 0.2) is 53.4 Å². The summed E-state index contributed by atoms with van der Waals surface area (Å²) in [6, 6.07) is 16.4. The van der Waals surface area contributed by atoms with Crippen LogP contribution in [-0.2, 0) is 4.79 Å². The van der Waals surface area contributed by atoms with E-state index in [9.17, 15) is 4.79 Å². The van der Waals surface area contributed by atoms with Gasteiger partial charge < -0.3 is 5.32 Å². The molecular formula is C19H19N3OS2. The van der Waals surface area contributed by atoms with Gasteiger partial charge in [0.15, 0.2) is 0 Å². The van der Waals surface area contributed by atoms with E-state index in [1.165, 1.54) is 27.4 Å². The molecule has 1 aromatic heterocycles. The van der Waals surface area contributed by atoms with Crippen LogP contribution in [-0.4, -0.2) is 21.9 Å². The summed E-state index contributed by atoms with van der Waals surface area (Å²) in [4.78, 5) is 13.2. The molecule has 4 nitrogen and oxygen atoms in total. The van der Waals surface area contributed by atoms with Gasteiger partial charge in [-0.2, -0.15) is 0 Å². The van der Waals surface area contributed by atoms with Crippen molar-refractivity contribution in [3.05, 3.63) is 59.7 Å². The van der Waals surface area contributed by atoms with Crippen LogP contribution in [0.3, 0.4) is 0 Å². The molecule has 0 saturated carbocycles. The largest absolute Gasteiger partial charge is 0.300 e. The number of rotatable bonds is 6. The van der Waals surface area contributed by atoms with Crippen molar-refractivity contribution in [2.45, 2.75) is 25.2 Å². The highest BCUT2D eigenvalue weighted by Gasteiger charge is 2.09. The summed E-state index contributed by atoms with van der Waals surface area (Å²) < 4.78 is 0. The second kappa shape index (κ2) is 8.27. The monoisotopic (exact) mass is 369 g/mol. The summed E-state index contributed by atoms with van der Waals surface area (Å²) in [5.41, 5.74) is 3.45. The van der Waals surface area contributed by atoms with Crippen molar-refractivity contribution in [3.8, 4) is 10.6 Å². The molecule has 0 aliphatic rings. The summed E-state index contributed by atoms with van der Waals surface area (Å²) in [5.74, 6) is 0.699. The van der Waals surface area contributed by atoms with E-state index >= 15 is 0 Å². The summed E-state index contributed by atoms with van der Waals surface area (Å²) in [6.07, 6.45) is 0.442. The molecule has 1 N–H and O–H groups in total. The number of amides is 1. The van der Waals surface area contributed by atoms with E-state index in [0.29, 0.717) is 11.6 Å². The van der Waals surface area contributed by atoms with E-state index in [1.54, 1.807) is 11.8 Å². The van der Waals surface area contributed by atoms with Crippen LogP contribution in [0, 0.1) is 13.8 Å². The van der Waals surface area contributed by atoms with Crippen LogP contribution in [0.4, 0.5) is 5.13 Å². The number of hydrogen-bond donors (Lipinski definition) is 1. The van der Waals surface area contributed by atoms with Gasteiger partial charge in [-0.15, -0.1) is 22.0 Å². The van der Waals surface area contributed by atoms with Gasteiger partial charge in [0.05, 0.1) is 0 Å². The summed E-state index contributed by atoms with van der Waals surface area (Å²) in [6.45, 7) is 4.11. The maximum atomic E-state index is 12.1. The lowest BCUT2D eigenvalue weighted by atomic mass is 10.2. The Bertz CT molecular complexity index is 842. The lowest BCUT2D eigenvalue weighted by molar-refractivity contribution is -0.115. The predicted octanol–water partition coefficient (Wildman–Crippen LogP) is 4.94. The van der Waals surface area contributed by atoms with Crippen LogP contribution >= 0.6 is 23.1 Å². The van der Waals surface area contributed by atoms with Crippen molar-refractivity contribution in [2.24, 2.45) is 0 Å². The number of benzene rings is 2. The molecule has 6 heteroatoms. The number of aryl methyl sites for hydroxylation is 2. The lowest BCUT2D eigenvalue weighted by Crippen LogP contribution is -2.11. The molecule has 1 amide bonds. The first kappa shape index (κ1) is 17.6. The number of aromatic nitrogens is 2. The molecule has 0 bridgehead atoms. The minimum atomic E-state index is -0.0359. The number of carbonyl (C=O) groups is 1. The topological polar surface area (TPSA) is 54.9 Å². The van der Waals surface area contributed by atoms with E-state index in [0.717, 1.165) is 16.3 Å². The first-order valence-corrected chi connectivity index (χ1v) is 9.80. The third-order valence-corrected chi connectivity index (χ3v) is 5.49. The highest BCUT2D eigenvalue weighted by Crippen LogP contribution is 2.26. The molecule has 0 unspecified atom stereocenters. The fourth-order valence-electron chi connectivity index (χ4n) is 2.16. The van der Waals surface area contributed by atoms with Crippen molar-refractivity contribution in [1.29, 1.82) is 0 Å². The van der Waals surface area contributed by atoms with Crippen molar-refractivity contribution in [2.75, 3.05) is 11.1 Å². The van der Waals surface area contributed by atoms with Gasteiger partial charge in [0, 0.05) is 22.6 Å². The molecule has 0 aliphatic carbocycles. The minimum absolute atomic E-state index is 0.0359. The third kappa shape index (κ3) is 5.14. The Morgan fingerprint density at radius 1 is 1.00 bits per heavy atom. The van der Waals surface area contributed by atoms with Crippen molar-refractivity contribution in [3.63, 3.8) is 0 Å². The molecule has 1 heterocycles. The summed E-state index contributed by atoms with van der Waals surface area (Å²) in [5, 5.41) is 12.4. The second-order valence-electron chi connectivity index (χ2n) is 5.74. The number of nitrogens with one attached hydrogen (secondary N) is 1. The zero-order valence-electron chi connectivity index (χ0n) is 14.2. The van der Waals surface area contributed by atoms with Gasteiger partial charge in [0.25, 0.3) is 0 Å². The molecule has 0 radical (unpaired) electrons. The van der Waals surface area contributed by atoms with Crippen molar-refractivity contribution < 1.29 is 4.79 Å². The highest BCUT2D eigenvalue weighted by molar-refractivity contribution is 7.99. The van der Waals surface area contributed by atoms with Crippen LogP contribution in [0.5, 0.6) is 0 Å². The van der Waals surface area contributed by atoms with E-state index in [-0.39, 0.29) is 5.91 Å². The molecule has 0 fully saturated rings. The Morgan fingerprint density at radius 3 is 2.32 bits per heavy atom. The average molecular weight is 370 g/mol. The molecule has 0 saturated heterocycles. The summed E-state index contributed by atoms with van der Waals surface area (Å²) >= 11 is 3.07. The summed E-state index contributed by atoms with van der Waals surface area (Å²) in [7, 11) is 0. The van der Waals surface area contributed by atoms with Gasteiger partial charge in [0.1, 0.15) is 5.01 Å². The maximum Gasteiger partial charge on any atom is 0.227 e. The standard InChI is InChI=1S/C19H19N3OS2/c1-13-3-7-15(8-4-13)18-21-22-19(25-18)20-17(23)11-12-24-16-9-5-14(2)6-10-16/h3-10H,11-12H2,1-2H3,(H,20,22,23). The van der Waals surface area contributed by atoms with Gasteiger partial charge in [-0.05, 0) is 26.0 Å². The van der Waals surface area contributed by atoms with E-state index in [1.807, 2.05) is 31.2 Å². The zero-order valence-corrected chi connectivity index (χ0v) is 15.8. The van der Waals surface area contributed by atoms with E-state index in [4.69, 9.17) is 0 Å². The van der Waals surface area contributed by atoms with Crippen LogP contribution in [0.25, 0.3) is 10.6 Å². The molecule has 25 heavy (non-hydrogen) atoms. The van der Waals surface area contributed by atoms with Crippen LogP contribution in [0.2, 0.25) is 0 Å². The molecular weight excluding hydrogens is 350 g/mol. The normalized spacial score (nSPS) is 10.6. The molecule has 0 aliphatic heterocycles. The Balaban J connectivity index is 1.49. The van der Waals surface area contributed by atoms with Gasteiger partial charge in [-0.1, -0.05) is 58.9 Å². The highest BCUT2D eigenvalue weighted by atomic mass is 32.2. The Labute approximate surface area is 155 Å². The number of carbonyl (C=O) groups excluding carboxylic acids is 1. The number of nitrogens with zero attached hydrogens (tertiary/aromatic N) is 2. The van der Waals surface area contributed by atoms with Crippen LogP contribution < -0.4 is 5.32 Å². The minimum Gasteiger partial charge on any atom is -0.300 e. The second-order valence-corrected chi connectivity index (χ2v) is 7.88. The van der Waals surface area contributed by atoms with Crippen LogP contribution in [0.1, 0.15) is 17.5 Å². The smallest absolute Gasteiger partial charge is 0.227 e. The lowest BCUT2D eigenvalue weighted by Gasteiger charge is -2.02. The zero-order chi connectivity index (χ0) is 17.6. The van der Waals surface area contributed by atoms with E-state index < -0.39 is 0 Å². The molecule has 3 rings (SSSR count). The molecule has 2 aromatic carbocycles. The fourth-order valence-corrected chi connectivity index (χ4v) is 3.78. The molecule has 128 valence electrons. The fraction of sp³-hybridized carbons (Fsp3) is 0.211. The van der Waals surface area contributed by atoms with Gasteiger partial charge in [-0.3, -0.25) is 4.79 Å². The average Bonchev–Trinajstić information content (AvgIpc) is 3.06. The van der Waals surface area contributed by atoms with Crippen molar-refractivity contribution >= 4 is 34.1 Å². The van der Waals surface area contributed by atoms with Crippen molar-refractivity contribution in [1.82, 2.24) is 10.2 Å². The third-order valence-electron chi connectivity index (χ3n) is 3.59. The number of thioether (sulfide) groups is 1. The Morgan fingerprint density at radius 2 is 1.64 bits per heavy atom. The first-order valence-electron chi connectivity index (χ1n) is 8.00. The van der Waals surface area contributed by atoms with Gasteiger partial charge >= 0.3 is 0 Å². The SMILES string of the molecule is Cc1ccc(SCCC(=O)Nc2nnc(-c3ccc(C)cc3)s2)cc1. The number of hydrogen-bond acceptors (Lipinski definition) is 5. The molecule has 0 spiro atoms. The molecule has 0 atom stereocenters. The maximum absolute atomic E-state index is 12.1. The number of anilines is 1. The Kier molecular flexibility index (Phi) is 5.83. The van der Waals surface area contributed by atoms with E-state index in [2.05, 4.69) is 46.7 Å². The first-order chi connectivity index (χ1) is 12.1. The Hall–Kier alpha value is -2.18. The van der Waals surface area contributed by atoms with Gasteiger partial charge in [-0.25, -0.2) is 0 Å².